The molecular weight excluding hydrogens is 368 g/mol. The summed E-state index contributed by atoms with van der Waals surface area (Å²) in [5.74, 6) is 0.446. The second kappa shape index (κ2) is 5.92. The molecule has 0 radical (unpaired) electrons. The maximum absolute atomic E-state index is 13.1. The van der Waals surface area contributed by atoms with Gasteiger partial charge in [-0.05, 0) is 42.5 Å². The number of tetrazole rings is 1. The van der Waals surface area contributed by atoms with E-state index >= 15 is 0 Å². The minimum Gasteiger partial charge on any atom is -0.338 e. The highest BCUT2D eigenvalue weighted by atomic mass is 35.5. The Hall–Kier alpha value is -3.20. The highest BCUT2D eigenvalue weighted by molar-refractivity contribution is 6.30. The predicted octanol–water partition coefficient (Wildman–Crippen LogP) is 2.19. The van der Waals surface area contributed by atoms with Crippen LogP contribution < -0.4 is 0 Å². The molecule has 10 heteroatoms. The molecule has 0 fully saturated rings. The molecule has 1 unspecified atom stereocenters. The Balaban J connectivity index is 1.47. The van der Waals surface area contributed by atoms with Crippen LogP contribution in [0, 0.1) is 0 Å². The molecule has 5 heterocycles. The Labute approximate surface area is 158 Å². The maximum Gasteiger partial charge on any atom is 0.275 e. The van der Waals surface area contributed by atoms with Crippen molar-refractivity contribution in [2.24, 2.45) is 0 Å². The van der Waals surface area contributed by atoms with Gasteiger partial charge in [0.2, 0.25) is 5.82 Å². The third-order valence-electron chi connectivity index (χ3n) is 4.95. The van der Waals surface area contributed by atoms with E-state index in [1.54, 1.807) is 22.8 Å². The summed E-state index contributed by atoms with van der Waals surface area (Å²) >= 11 is 6.00. The molecule has 27 heavy (non-hydrogen) atoms. The zero-order valence-electron chi connectivity index (χ0n) is 14.4. The number of rotatable bonds is 2. The van der Waals surface area contributed by atoms with Gasteiger partial charge in [0, 0.05) is 25.0 Å². The second-order valence-electron chi connectivity index (χ2n) is 6.45. The van der Waals surface area contributed by atoms with E-state index in [2.05, 4.69) is 30.3 Å². The van der Waals surface area contributed by atoms with E-state index in [0.717, 1.165) is 16.9 Å². The molecule has 1 aliphatic rings. The van der Waals surface area contributed by atoms with Crippen molar-refractivity contribution in [1.29, 1.82) is 0 Å². The van der Waals surface area contributed by atoms with Crippen LogP contribution in [-0.4, -0.2) is 52.2 Å². The Morgan fingerprint density at radius 1 is 1.26 bits per heavy atom. The van der Waals surface area contributed by atoms with Crippen LogP contribution in [0.4, 0.5) is 0 Å². The Bertz CT molecular complexity index is 1150. The lowest BCUT2D eigenvalue weighted by molar-refractivity contribution is 0.0638. The molecule has 1 aliphatic heterocycles. The van der Waals surface area contributed by atoms with Gasteiger partial charge in [0.15, 0.2) is 5.69 Å². The molecule has 0 bridgehead atoms. The smallest absolute Gasteiger partial charge is 0.275 e. The van der Waals surface area contributed by atoms with Crippen molar-refractivity contribution in [3.8, 4) is 11.5 Å². The molecule has 5 rings (SSSR count). The molecule has 1 amide bonds. The van der Waals surface area contributed by atoms with Crippen molar-refractivity contribution >= 4 is 23.0 Å². The number of amides is 1. The van der Waals surface area contributed by atoms with Crippen LogP contribution in [0.15, 0.2) is 36.5 Å². The Kier molecular flexibility index (Phi) is 3.51. The number of carbonyl (C=O) groups is 1. The highest BCUT2D eigenvalue weighted by Crippen LogP contribution is 2.31. The van der Waals surface area contributed by atoms with E-state index in [1.165, 1.54) is 0 Å². The van der Waals surface area contributed by atoms with Gasteiger partial charge in [-0.1, -0.05) is 11.6 Å². The van der Waals surface area contributed by atoms with E-state index in [9.17, 15) is 4.79 Å². The Morgan fingerprint density at radius 2 is 2.15 bits per heavy atom. The third kappa shape index (κ3) is 2.50. The van der Waals surface area contributed by atoms with Gasteiger partial charge in [-0.15, -0.1) is 10.2 Å². The highest BCUT2D eigenvalue weighted by Gasteiger charge is 2.31. The van der Waals surface area contributed by atoms with Crippen LogP contribution in [0.3, 0.4) is 0 Å². The fourth-order valence-electron chi connectivity index (χ4n) is 3.61. The first-order chi connectivity index (χ1) is 13.1. The lowest BCUT2D eigenvalue weighted by Crippen LogP contribution is -2.41. The van der Waals surface area contributed by atoms with Crippen LogP contribution in [-0.2, 0) is 6.54 Å². The minimum absolute atomic E-state index is 0.0969. The third-order valence-corrected chi connectivity index (χ3v) is 5.18. The Morgan fingerprint density at radius 3 is 2.96 bits per heavy atom. The fourth-order valence-corrected chi connectivity index (χ4v) is 3.77. The lowest BCUT2D eigenvalue weighted by atomic mass is 10.1. The van der Waals surface area contributed by atoms with E-state index in [4.69, 9.17) is 11.6 Å². The molecule has 0 aliphatic carbocycles. The molecule has 1 atom stereocenters. The monoisotopic (exact) mass is 382 g/mol. The van der Waals surface area contributed by atoms with Gasteiger partial charge in [-0.2, -0.15) is 10.3 Å². The number of nitrogens with zero attached hydrogens (tertiary/aromatic N) is 7. The standard InChI is InChI=1S/C17H15ClN8O/c1-10-14-4-5-15(16-19-22-23-20-16)25(14)7-6-24(10)17(27)13-8-12-3-2-11(18)9-26(12)21-13/h2-5,8-10H,6-7H2,1H3,(H,19,20,22,23). The number of aromatic nitrogens is 7. The zero-order valence-corrected chi connectivity index (χ0v) is 15.1. The first-order valence-corrected chi connectivity index (χ1v) is 8.89. The molecule has 9 nitrogen and oxygen atoms in total. The number of halogens is 1. The van der Waals surface area contributed by atoms with Crippen molar-refractivity contribution in [2.75, 3.05) is 6.54 Å². The molecule has 1 N–H and O–H groups in total. The van der Waals surface area contributed by atoms with Gasteiger partial charge < -0.3 is 9.47 Å². The summed E-state index contributed by atoms with van der Waals surface area (Å²) in [7, 11) is 0. The predicted molar refractivity (Wildman–Crippen MR) is 97.3 cm³/mol. The molecule has 0 saturated heterocycles. The number of aromatic amines is 1. The summed E-state index contributed by atoms with van der Waals surface area (Å²) in [6.45, 7) is 3.23. The minimum atomic E-state index is -0.101. The van der Waals surface area contributed by atoms with Crippen molar-refractivity contribution in [3.63, 3.8) is 0 Å². The van der Waals surface area contributed by atoms with Crippen molar-refractivity contribution in [3.05, 3.63) is 52.9 Å². The molecule has 136 valence electrons. The van der Waals surface area contributed by atoms with Gasteiger partial charge in [0.1, 0.15) is 0 Å². The topological polar surface area (TPSA) is 97.0 Å². The maximum atomic E-state index is 13.1. The summed E-state index contributed by atoms with van der Waals surface area (Å²) < 4.78 is 3.75. The average molecular weight is 383 g/mol. The van der Waals surface area contributed by atoms with Crippen LogP contribution in [0.25, 0.3) is 17.0 Å². The summed E-state index contributed by atoms with van der Waals surface area (Å²) in [6.07, 6.45) is 1.69. The fraction of sp³-hybridized carbons (Fsp3) is 0.235. The van der Waals surface area contributed by atoms with Gasteiger partial charge >= 0.3 is 0 Å². The normalized spacial score (nSPS) is 16.7. The van der Waals surface area contributed by atoms with E-state index in [-0.39, 0.29) is 11.9 Å². The number of nitrogens with one attached hydrogen (secondary N) is 1. The summed E-state index contributed by atoms with van der Waals surface area (Å²) in [5.41, 5.74) is 3.15. The largest absolute Gasteiger partial charge is 0.338 e. The van der Waals surface area contributed by atoms with Crippen LogP contribution in [0.2, 0.25) is 5.02 Å². The number of carbonyl (C=O) groups excluding carboxylic acids is 1. The quantitative estimate of drug-likeness (QED) is 0.573. The zero-order chi connectivity index (χ0) is 18.5. The molecule has 0 saturated carbocycles. The van der Waals surface area contributed by atoms with Crippen LogP contribution in [0.1, 0.15) is 29.1 Å². The molecule has 0 aromatic carbocycles. The number of hydrogen-bond donors (Lipinski definition) is 1. The van der Waals surface area contributed by atoms with Crippen molar-refractivity contribution in [2.45, 2.75) is 19.5 Å². The second-order valence-corrected chi connectivity index (χ2v) is 6.89. The molecule has 4 aromatic heterocycles. The van der Waals surface area contributed by atoms with E-state index in [1.807, 2.05) is 30.0 Å². The van der Waals surface area contributed by atoms with Gasteiger partial charge in [0.05, 0.1) is 22.3 Å². The molecular formula is C17H15ClN8O. The SMILES string of the molecule is CC1c2ccc(-c3nn[nH]n3)n2CCN1C(=O)c1cc2ccc(Cl)cn2n1. The first kappa shape index (κ1) is 16.0. The summed E-state index contributed by atoms with van der Waals surface area (Å²) in [6, 6.07) is 9.26. The number of fused-ring (bicyclic) bond motifs is 2. The van der Waals surface area contributed by atoms with Crippen LogP contribution in [0.5, 0.6) is 0 Å². The molecule has 4 aromatic rings. The number of pyridine rings is 1. The van der Waals surface area contributed by atoms with Crippen molar-refractivity contribution in [1.82, 2.24) is 39.7 Å². The number of hydrogen-bond acceptors (Lipinski definition) is 5. The average Bonchev–Trinajstić information content (AvgIpc) is 3.39. The molecule has 0 spiro atoms. The van der Waals surface area contributed by atoms with Crippen LogP contribution >= 0.6 is 11.6 Å². The van der Waals surface area contributed by atoms with Gasteiger partial charge in [-0.3, -0.25) is 4.79 Å². The summed E-state index contributed by atoms with van der Waals surface area (Å²) in [4.78, 5) is 14.9. The van der Waals surface area contributed by atoms with Gasteiger partial charge in [0.25, 0.3) is 5.91 Å². The van der Waals surface area contributed by atoms with Gasteiger partial charge in [-0.25, -0.2) is 4.52 Å². The number of H-pyrrole nitrogens is 1. The summed E-state index contributed by atoms with van der Waals surface area (Å²) in [5, 5.41) is 19.2. The van der Waals surface area contributed by atoms with Crippen molar-refractivity contribution < 1.29 is 4.79 Å². The lowest BCUT2D eigenvalue weighted by Gasteiger charge is -2.35. The van der Waals surface area contributed by atoms with E-state index < -0.39 is 0 Å². The first-order valence-electron chi connectivity index (χ1n) is 8.51. The van der Waals surface area contributed by atoms with E-state index in [0.29, 0.717) is 29.6 Å².